The first-order valence-corrected chi connectivity index (χ1v) is 7.03. The van der Waals surface area contributed by atoms with Gasteiger partial charge in [-0.05, 0) is 31.0 Å². The van der Waals surface area contributed by atoms with E-state index in [0.29, 0.717) is 16.8 Å². The van der Waals surface area contributed by atoms with Crippen LogP contribution in [0.5, 0.6) is 0 Å². The average Bonchev–Trinajstić information content (AvgIpc) is 2.38. The number of anilines is 1. The van der Waals surface area contributed by atoms with Crippen molar-refractivity contribution in [3.63, 3.8) is 0 Å². The fourth-order valence-electron chi connectivity index (χ4n) is 1.99. The molecule has 1 aromatic carbocycles. The van der Waals surface area contributed by atoms with E-state index in [0.717, 1.165) is 19.4 Å². The van der Waals surface area contributed by atoms with Crippen molar-refractivity contribution in [1.29, 1.82) is 0 Å². The van der Waals surface area contributed by atoms with Gasteiger partial charge in [-0.25, -0.2) is 9.59 Å². The molecule has 108 valence electrons. The lowest BCUT2D eigenvalue weighted by Gasteiger charge is -2.23. The summed E-state index contributed by atoms with van der Waals surface area (Å²) in [5, 5.41) is 14.4. The molecule has 0 aromatic heterocycles. The number of hydrogen-bond donors (Lipinski definition) is 3. The monoisotopic (exact) mass is 342 g/mol. The molecule has 0 saturated carbocycles. The molecule has 7 heteroatoms. The molecule has 0 aliphatic carbocycles. The Morgan fingerprint density at radius 2 is 2.15 bits per heavy atom. The third-order valence-corrected chi connectivity index (χ3v) is 3.36. The van der Waals surface area contributed by atoms with E-state index in [4.69, 9.17) is 9.84 Å². The Morgan fingerprint density at radius 1 is 1.35 bits per heavy atom. The third-order valence-electron chi connectivity index (χ3n) is 2.90. The molecule has 0 spiro atoms. The van der Waals surface area contributed by atoms with Crippen molar-refractivity contribution in [3.8, 4) is 0 Å². The molecule has 2 amide bonds. The molecule has 20 heavy (non-hydrogen) atoms. The Bertz CT molecular complexity index is 515. The highest BCUT2D eigenvalue weighted by Gasteiger charge is 2.16. The summed E-state index contributed by atoms with van der Waals surface area (Å²) in [4.78, 5) is 22.8. The Morgan fingerprint density at radius 3 is 2.80 bits per heavy atom. The number of hydrogen-bond acceptors (Lipinski definition) is 3. The lowest BCUT2D eigenvalue weighted by Crippen LogP contribution is -2.42. The zero-order valence-electron chi connectivity index (χ0n) is 10.7. The number of carbonyl (C=O) groups excluding carboxylic acids is 1. The van der Waals surface area contributed by atoms with E-state index in [1.807, 2.05) is 0 Å². The second-order valence-electron chi connectivity index (χ2n) is 4.55. The number of halogens is 1. The van der Waals surface area contributed by atoms with Gasteiger partial charge in [0.25, 0.3) is 0 Å². The van der Waals surface area contributed by atoms with E-state index in [1.165, 1.54) is 12.1 Å². The molecule has 2 rings (SSSR count). The van der Waals surface area contributed by atoms with Crippen LogP contribution in [0.25, 0.3) is 0 Å². The fraction of sp³-hybridized carbons (Fsp3) is 0.385. The van der Waals surface area contributed by atoms with Crippen LogP contribution < -0.4 is 10.6 Å². The normalized spacial score (nSPS) is 18.4. The number of amides is 2. The van der Waals surface area contributed by atoms with Gasteiger partial charge >= 0.3 is 12.0 Å². The predicted molar refractivity (Wildman–Crippen MR) is 77.1 cm³/mol. The fourth-order valence-corrected chi connectivity index (χ4v) is 2.49. The van der Waals surface area contributed by atoms with Crippen molar-refractivity contribution >= 4 is 33.6 Å². The number of urea groups is 1. The second-order valence-corrected chi connectivity index (χ2v) is 5.46. The molecule has 1 unspecified atom stereocenters. The van der Waals surface area contributed by atoms with Crippen LogP contribution in [-0.2, 0) is 4.74 Å². The quantitative estimate of drug-likeness (QED) is 0.787. The van der Waals surface area contributed by atoms with Crippen LogP contribution in [0.1, 0.15) is 23.2 Å². The number of nitrogens with one attached hydrogen (secondary N) is 2. The lowest BCUT2D eigenvalue weighted by molar-refractivity contribution is 0.0697. The first-order chi connectivity index (χ1) is 9.54. The summed E-state index contributed by atoms with van der Waals surface area (Å²) < 4.78 is 5.87. The number of carboxylic acid groups (broad SMARTS) is 1. The van der Waals surface area contributed by atoms with Crippen molar-refractivity contribution < 1.29 is 19.4 Å². The minimum Gasteiger partial charge on any atom is -0.478 e. The van der Waals surface area contributed by atoms with Crippen LogP contribution in [0.4, 0.5) is 10.5 Å². The summed E-state index contributed by atoms with van der Waals surface area (Å²) >= 11 is 3.21. The lowest BCUT2D eigenvalue weighted by atomic mass is 10.1. The van der Waals surface area contributed by atoms with Gasteiger partial charge in [0.15, 0.2) is 0 Å². The van der Waals surface area contributed by atoms with E-state index in [2.05, 4.69) is 26.6 Å². The molecule has 1 fully saturated rings. The summed E-state index contributed by atoms with van der Waals surface area (Å²) in [6.45, 7) is 1.24. The Hall–Kier alpha value is -1.60. The highest BCUT2D eigenvalue weighted by molar-refractivity contribution is 9.10. The maximum absolute atomic E-state index is 11.8. The molecular formula is C13H15BrN2O4. The van der Waals surface area contributed by atoms with Crippen LogP contribution in [0, 0.1) is 0 Å². The number of rotatable bonds is 3. The molecule has 1 heterocycles. The molecule has 0 radical (unpaired) electrons. The molecule has 1 aliphatic rings. The van der Waals surface area contributed by atoms with Crippen molar-refractivity contribution in [2.45, 2.75) is 18.9 Å². The van der Waals surface area contributed by atoms with Gasteiger partial charge in [-0.1, -0.05) is 15.9 Å². The zero-order chi connectivity index (χ0) is 14.5. The van der Waals surface area contributed by atoms with Crippen molar-refractivity contribution in [2.75, 3.05) is 18.5 Å². The van der Waals surface area contributed by atoms with E-state index in [9.17, 15) is 9.59 Å². The van der Waals surface area contributed by atoms with Crippen LogP contribution in [0.15, 0.2) is 22.7 Å². The van der Waals surface area contributed by atoms with E-state index in [-0.39, 0.29) is 17.6 Å². The number of aromatic carboxylic acids is 1. The highest BCUT2D eigenvalue weighted by Crippen LogP contribution is 2.19. The first-order valence-electron chi connectivity index (χ1n) is 6.24. The van der Waals surface area contributed by atoms with Gasteiger partial charge in [-0.3, -0.25) is 0 Å². The molecule has 1 atom stereocenters. The number of benzene rings is 1. The van der Waals surface area contributed by atoms with Gasteiger partial charge in [0, 0.05) is 16.8 Å². The maximum Gasteiger partial charge on any atom is 0.335 e. The molecule has 1 saturated heterocycles. The van der Waals surface area contributed by atoms with Gasteiger partial charge in [-0.15, -0.1) is 0 Å². The minimum atomic E-state index is -1.05. The minimum absolute atomic E-state index is 0.00477. The number of carboxylic acids is 1. The molecule has 0 bridgehead atoms. The first kappa shape index (κ1) is 14.8. The van der Waals surface area contributed by atoms with Crippen LogP contribution in [-0.4, -0.2) is 36.4 Å². The Labute approximate surface area is 124 Å². The summed E-state index contributed by atoms with van der Waals surface area (Å²) in [5.41, 5.74) is 0.529. The third kappa shape index (κ3) is 4.21. The van der Waals surface area contributed by atoms with E-state index < -0.39 is 5.97 Å². The van der Waals surface area contributed by atoms with Crippen molar-refractivity contribution in [2.24, 2.45) is 0 Å². The topological polar surface area (TPSA) is 87.7 Å². The Kier molecular flexibility index (Phi) is 4.97. The Balaban J connectivity index is 1.98. The molecule has 1 aromatic rings. The van der Waals surface area contributed by atoms with Gasteiger partial charge in [0.2, 0.25) is 0 Å². The zero-order valence-corrected chi connectivity index (χ0v) is 12.3. The average molecular weight is 343 g/mol. The molecule has 6 nitrogen and oxygen atoms in total. The number of carbonyl (C=O) groups is 2. The van der Waals surface area contributed by atoms with Gasteiger partial charge < -0.3 is 20.5 Å². The van der Waals surface area contributed by atoms with Crippen molar-refractivity contribution in [3.05, 3.63) is 28.2 Å². The standard InChI is InChI=1S/C13H15BrN2O4/c14-9-4-8(12(17)18)5-11(6-9)16-13(19)15-10-2-1-3-20-7-10/h4-6,10H,1-3,7H2,(H,17,18)(H2,15,16,19). The summed E-state index contributed by atoms with van der Waals surface area (Å²) in [7, 11) is 0. The maximum atomic E-state index is 11.8. The van der Waals surface area contributed by atoms with Crippen molar-refractivity contribution in [1.82, 2.24) is 5.32 Å². The SMILES string of the molecule is O=C(Nc1cc(Br)cc(C(=O)O)c1)NC1CCCOC1. The molecular weight excluding hydrogens is 328 g/mol. The molecule has 1 aliphatic heterocycles. The van der Waals surface area contributed by atoms with Gasteiger partial charge in [0.05, 0.1) is 18.2 Å². The van der Waals surface area contributed by atoms with E-state index >= 15 is 0 Å². The highest BCUT2D eigenvalue weighted by atomic mass is 79.9. The molecule has 3 N–H and O–H groups in total. The van der Waals surface area contributed by atoms with Crippen LogP contribution in [0.2, 0.25) is 0 Å². The van der Waals surface area contributed by atoms with Gasteiger partial charge in [0.1, 0.15) is 0 Å². The van der Waals surface area contributed by atoms with Crippen LogP contribution >= 0.6 is 15.9 Å². The van der Waals surface area contributed by atoms with Gasteiger partial charge in [-0.2, -0.15) is 0 Å². The summed E-state index contributed by atoms with van der Waals surface area (Å²) in [6, 6.07) is 4.15. The van der Waals surface area contributed by atoms with Crippen LogP contribution in [0.3, 0.4) is 0 Å². The van der Waals surface area contributed by atoms with E-state index in [1.54, 1.807) is 6.07 Å². The smallest absolute Gasteiger partial charge is 0.335 e. The summed E-state index contributed by atoms with van der Waals surface area (Å²) in [5.74, 6) is -1.05. The second kappa shape index (κ2) is 6.71. The summed E-state index contributed by atoms with van der Waals surface area (Å²) in [6.07, 6.45) is 1.80. The number of ether oxygens (including phenoxy) is 1. The largest absolute Gasteiger partial charge is 0.478 e. The predicted octanol–water partition coefficient (Wildman–Crippen LogP) is 2.45.